The highest BCUT2D eigenvalue weighted by Gasteiger charge is 2.04. The van der Waals surface area contributed by atoms with Gasteiger partial charge in [0.05, 0.1) is 0 Å². The third-order valence-corrected chi connectivity index (χ3v) is 2.47. The predicted octanol–water partition coefficient (Wildman–Crippen LogP) is 3.99. The minimum atomic E-state index is -0.662. The zero-order valence-corrected chi connectivity index (χ0v) is 9.71. The summed E-state index contributed by atoms with van der Waals surface area (Å²) in [4.78, 5) is 0. The fraction of sp³-hybridized carbons (Fsp3) is 0.143. The maximum atomic E-state index is 13.0. The van der Waals surface area contributed by atoms with Gasteiger partial charge in [0, 0.05) is 12.1 Å². The Balaban J connectivity index is 2.13. The lowest BCUT2D eigenvalue weighted by molar-refractivity contribution is 0.301. The molecule has 0 aromatic heterocycles. The van der Waals surface area contributed by atoms with Gasteiger partial charge in [-0.3, -0.25) is 0 Å². The van der Waals surface area contributed by atoms with Gasteiger partial charge in [0.15, 0.2) is 0 Å². The van der Waals surface area contributed by atoms with E-state index in [0.29, 0.717) is 11.3 Å². The molecule has 0 saturated heterocycles. The first-order chi connectivity index (χ1) is 8.54. The second-order valence-electron chi connectivity index (χ2n) is 3.98. The van der Waals surface area contributed by atoms with Crippen LogP contribution in [0.3, 0.4) is 0 Å². The summed E-state index contributed by atoms with van der Waals surface area (Å²) < 4.78 is 44.2. The van der Waals surface area contributed by atoms with E-state index in [0.717, 1.165) is 11.6 Å². The van der Waals surface area contributed by atoms with E-state index in [1.165, 1.54) is 24.3 Å². The number of ether oxygens (including phenoxy) is 1. The molecule has 2 aromatic rings. The smallest absolute Gasteiger partial charge is 0.126 e. The van der Waals surface area contributed by atoms with Gasteiger partial charge in [-0.15, -0.1) is 0 Å². The minimum Gasteiger partial charge on any atom is -0.489 e. The van der Waals surface area contributed by atoms with Crippen LogP contribution in [0.5, 0.6) is 5.75 Å². The number of rotatable bonds is 3. The van der Waals surface area contributed by atoms with Crippen LogP contribution in [0, 0.1) is 24.4 Å². The quantitative estimate of drug-likeness (QED) is 0.802. The van der Waals surface area contributed by atoms with Crippen LogP contribution in [0.2, 0.25) is 0 Å². The van der Waals surface area contributed by atoms with Gasteiger partial charge in [0.25, 0.3) is 0 Å². The largest absolute Gasteiger partial charge is 0.489 e. The molecule has 0 spiro atoms. The van der Waals surface area contributed by atoms with Gasteiger partial charge in [-0.25, -0.2) is 13.2 Å². The van der Waals surface area contributed by atoms with Crippen LogP contribution in [0.15, 0.2) is 36.4 Å². The molecule has 2 rings (SSSR count). The van der Waals surface area contributed by atoms with Crippen LogP contribution in [-0.2, 0) is 6.61 Å². The van der Waals surface area contributed by atoms with Gasteiger partial charge < -0.3 is 4.74 Å². The summed E-state index contributed by atoms with van der Waals surface area (Å²) in [5.74, 6) is -1.38. The van der Waals surface area contributed by atoms with Gasteiger partial charge in [-0.05, 0) is 36.2 Å². The zero-order valence-electron chi connectivity index (χ0n) is 9.71. The molecular formula is C14H11F3O. The Morgan fingerprint density at radius 2 is 1.56 bits per heavy atom. The van der Waals surface area contributed by atoms with Crippen molar-refractivity contribution in [3.63, 3.8) is 0 Å². The summed E-state index contributed by atoms with van der Waals surface area (Å²) in [6.07, 6.45) is 0. The molecule has 4 heteroatoms. The van der Waals surface area contributed by atoms with Crippen LogP contribution in [-0.4, -0.2) is 0 Å². The molecule has 0 N–H and O–H groups in total. The van der Waals surface area contributed by atoms with Gasteiger partial charge in [-0.1, -0.05) is 6.07 Å². The lowest BCUT2D eigenvalue weighted by Crippen LogP contribution is -1.99. The summed E-state index contributed by atoms with van der Waals surface area (Å²) in [5.41, 5.74) is 1.12. The fourth-order valence-electron chi connectivity index (χ4n) is 1.58. The third-order valence-electron chi connectivity index (χ3n) is 2.47. The Morgan fingerprint density at radius 1 is 0.889 bits per heavy atom. The second-order valence-corrected chi connectivity index (χ2v) is 3.98. The highest BCUT2D eigenvalue weighted by atomic mass is 19.1. The molecule has 2 aromatic carbocycles. The molecule has 0 heterocycles. The molecule has 0 aliphatic carbocycles. The summed E-state index contributed by atoms with van der Waals surface area (Å²) >= 11 is 0. The third kappa shape index (κ3) is 3.03. The van der Waals surface area contributed by atoms with E-state index in [1.54, 1.807) is 13.0 Å². The Kier molecular flexibility index (Phi) is 3.55. The average Bonchev–Trinajstić information content (AvgIpc) is 2.29. The van der Waals surface area contributed by atoms with Crippen molar-refractivity contribution in [1.82, 2.24) is 0 Å². The first kappa shape index (κ1) is 12.5. The summed E-state index contributed by atoms with van der Waals surface area (Å²) in [6, 6.07) is 7.29. The standard InChI is InChI=1S/C14H11F3O/c1-9-2-3-11(15)7-14(9)18-8-10-4-12(16)6-13(17)5-10/h2-7H,8H2,1H3. The number of halogens is 3. The Morgan fingerprint density at radius 3 is 2.22 bits per heavy atom. The van der Waals surface area contributed by atoms with Crippen LogP contribution < -0.4 is 4.74 Å². The molecular weight excluding hydrogens is 241 g/mol. The SMILES string of the molecule is Cc1ccc(F)cc1OCc1cc(F)cc(F)c1. The molecule has 0 bridgehead atoms. The molecule has 0 unspecified atom stereocenters. The van der Waals surface area contributed by atoms with E-state index in [-0.39, 0.29) is 6.61 Å². The molecule has 0 amide bonds. The Hall–Kier alpha value is -1.97. The average molecular weight is 252 g/mol. The molecule has 0 aliphatic heterocycles. The zero-order chi connectivity index (χ0) is 13.1. The Labute approximate surface area is 103 Å². The number of benzene rings is 2. The van der Waals surface area contributed by atoms with Gasteiger partial charge in [0.1, 0.15) is 29.8 Å². The lowest BCUT2D eigenvalue weighted by Gasteiger charge is -2.09. The molecule has 94 valence electrons. The van der Waals surface area contributed by atoms with Crippen LogP contribution in [0.1, 0.15) is 11.1 Å². The number of aryl methyl sites for hydroxylation is 1. The van der Waals surface area contributed by atoms with Crippen molar-refractivity contribution in [1.29, 1.82) is 0 Å². The predicted molar refractivity (Wildman–Crippen MR) is 61.8 cm³/mol. The van der Waals surface area contributed by atoms with E-state index < -0.39 is 17.5 Å². The number of hydrogen-bond acceptors (Lipinski definition) is 1. The molecule has 0 fully saturated rings. The van der Waals surface area contributed by atoms with Crippen molar-refractivity contribution in [2.75, 3.05) is 0 Å². The monoisotopic (exact) mass is 252 g/mol. The van der Waals surface area contributed by atoms with Crippen molar-refractivity contribution in [3.8, 4) is 5.75 Å². The van der Waals surface area contributed by atoms with Crippen molar-refractivity contribution < 1.29 is 17.9 Å². The molecule has 18 heavy (non-hydrogen) atoms. The van der Waals surface area contributed by atoms with Crippen LogP contribution in [0.25, 0.3) is 0 Å². The van der Waals surface area contributed by atoms with Crippen LogP contribution >= 0.6 is 0 Å². The first-order valence-corrected chi connectivity index (χ1v) is 5.38. The van der Waals surface area contributed by atoms with Crippen molar-refractivity contribution >= 4 is 0 Å². The second kappa shape index (κ2) is 5.12. The van der Waals surface area contributed by atoms with Gasteiger partial charge >= 0.3 is 0 Å². The first-order valence-electron chi connectivity index (χ1n) is 5.38. The van der Waals surface area contributed by atoms with E-state index in [9.17, 15) is 13.2 Å². The molecule has 0 radical (unpaired) electrons. The van der Waals surface area contributed by atoms with E-state index in [2.05, 4.69) is 0 Å². The molecule has 0 atom stereocenters. The minimum absolute atomic E-state index is 0.0149. The Bertz CT molecular complexity index is 547. The van der Waals surface area contributed by atoms with E-state index in [4.69, 9.17) is 4.74 Å². The maximum absolute atomic E-state index is 13.0. The van der Waals surface area contributed by atoms with Crippen molar-refractivity contribution in [3.05, 3.63) is 65.0 Å². The van der Waals surface area contributed by atoms with E-state index in [1.807, 2.05) is 0 Å². The fourth-order valence-corrected chi connectivity index (χ4v) is 1.58. The highest BCUT2D eigenvalue weighted by Crippen LogP contribution is 2.20. The van der Waals surface area contributed by atoms with E-state index >= 15 is 0 Å². The molecule has 0 saturated carbocycles. The van der Waals surface area contributed by atoms with Gasteiger partial charge in [0.2, 0.25) is 0 Å². The number of hydrogen-bond donors (Lipinski definition) is 0. The lowest BCUT2D eigenvalue weighted by atomic mass is 10.2. The van der Waals surface area contributed by atoms with Crippen molar-refractivity contribution in [2.45, 2.75) is 13.5 Å². The molecule has 1 nitrogen and oxygen atoms in total. The highest BCUT2D eigenvalue weighted by molar-refractivity contribution is 5.33. The summed E-state index contributed by atoms with van der Waals surface area (Å²) in [6.45, 7) is 1.75. The normalized spacial score (nSPS) is 10.4. The van der Waals surface area contributed by atoms with Crippen LogP contribution in [0.4, 0.5) is 13.2 Å². The van der Waals surface area contributed by atoms with Gasteiger partial charge in [-0.2, -0.15) is 0 Å². The summed E-state index contributed by atoms with van der Waals surface area (Å²) in [7, 11) is 0. The van der Waals surface area contributed by atoms with Crippen molar-refractivity contribution in [2.24, 2.45) is 0 Å². The summed E-state index contributed by atoms with van der Waals surface area (Å²) in [5, 5.41) is 0. The molecule has 0 aliphatic rings. The maximum Gasteiger partial charge on any atom is 0.126 e. The topological polar surface area (TPSA) is 9.23 Å².